The molecular weight excluding hydrogens is 524 g/mol. The fourth-order valence-corrected chi connectivity index (χ4v) is 4.55. The third-order valence-corrected chi connectivity index (χ3v) is 6.36. The lowest BCUT2D eigenvalue weighted by molar-refractivity contribution is -0.151. The Bertz CT molecular complexity index is 1270. The van der Waals surface area contributed by atoms with E-state index in [4.69, 9.17) is 33.2 Å². The largest absolute Gasteiger partial charge is 0.493 e. The van der Waals surface area contributed by atoms with E-state index in [0.717, 1.165) is 16.7 Å². The average Bonchev–Trinajstić information content (AvgIpc) is 2.97. The highest BCUT2D eigenvalue weighted by Crippen LogP contribution is 2.42. The molecule has 0 saturated heterocycles. The van der Waals surface area contributed by atoms with Crippen LogP contribution >= 0.6 is 0 Å². The number of ether oxygens (including phenoxy) is 7. The van der Waals surface area contributed by atoms with Crippen LogP contribution in [0.3, 0.4) is 0 Å². The zero-order valence-corrected chi connectivity index (χ0v) is 25.1. The van der Waals surface area contributed by atoms with Crippen LogP contribution in [-0.2, 0) is 16.0 Å². The monoisotopic (exact) mass is 564 g/mol. The molecule has 3 rings (SSSR count). The van der Waals surface area contributed by atoms with Crippen molar-refractivity contribution in [3.8, 4) is 34.5 Å². The Labute approximate surface area is 242 Å². The second kappa shape index (κ2) is 14.9. The lowest BCUT2D eigenvalue weighted by Crippen LogP contribution is -2.26. The average molecular weight is 565 g/mol. The molecule has 0 aliphatic rings. The SMILES string of the molecule is C/C=C/c1cc(OC)c(OC(C)Cc2cc(OC)c(O[C@H](C)[C@@H](OC(C)=O)c3ccccc3)c(OC)c2)c(OC)c1. The summed E-state index contributed by atoms with van der Waals surface area (Å²) in [6.45, 7) is 7.13. The molecule has 0 aliphatic heterocycles. The lowest BCUT2D eigenvalue weighted by Gasteiger charge is -2.27. The van der Waals surface area contributed by atoms with Gasteiger partial charge in [-0.1, -0.05) is 42.5 Å². The van der Waals surface area contributed by atoms with Crippen molar-refractivity contribution in [2.75, 3.05) is 28.4 Å². The first-order valence-electron chi connectivity index (χ1n) is 13.4. The molecule has 0 amide bonds. The topological polar surface area (TPSA) is 81.7 Å². The number of allylic oxidation sites excluding steroid dienone is 1. The minimum absolute atomic E-state index is 0.253. The summed E-state index contributed by atoms with van der Waals surface area (Å²) in [6.07, 6.45) is 3.03. The van der Waals surface area contributed by atoms with E-state index < -0.39 is 18.2 Å². The smallest absolute Gasteiger partial charge is 0.303 e. The summed E-state index contributed by atoms with van der Waals surface area (Å²) in [5.74, 6) is 2.67. The molecule has 220 valence electrons. The maximum atomic E-state index is 11.9. The molecule has 8 heteroatoms. The van der Waals surface area contributed by atoms with Gasteiger partial charge in [-0.2, -0.15) is 0 Å². The molecule has 0 bridgehead atoms. The van der Waals surface area contributed by atoms with Crippen LogP contribution in [0.5, 0.6) is 34.5 Å². The lowest BCUT2D eigenvalue weighted by atomic mass is 10.0. The van der Waals surface area contributed by atoms with Crippen LogP contribution in [0, 0.1) is 0 Å². The fourth-order valence-electron chi connectivity index (χ4n) is 4.55. The molecular formula is C33H40O8. The molecule has 3 aromatic rings. The van der Waals surface area contributed by atoms with Crippen molar-refractivity contribution >= 4 is 12.0 Å². The summed E-state index contributed by atoms with van der Waals surface area (Å²) in [6, 6.07) is 17.0. The van der Waals surface area contributed by atoms with E-state index in [2.05, 4.69) is 0 Å². The van der Waals surface area contributed by atoms with Crippen molar-refractivity contribution in [3.63, 3.8) is 0 Å². The van der Waals surface area contributed by atoms with Gasteiger partial charge in [0.2, 0.25) is 11.5 Å². The van der Waals surface area contributed by atoms with Gasteiger partial charge in [-0.05, 0) is 61.7 Å². The molecule has 41 heavy (non-hydrogen) atoms. The molecule has 0 aliphatic carbocycles. The minimum Gasteiger partial charge on any atom is -0.493 e. The fraction of sp³-hybridized carbons (Fsp3) is 0.364. The van der Waals surface area contributed by atoms with Gasteiger partial charge in [0.15, 0.2) is 29.1 Å². The zero-order valence-electron chi connectivity index (χ0n) is 25.1. The first kappa shape index (κ1) is 31.2. The summed E-state index contributed by atoms with van der Waals surface area (Å²) in [5, 5.41) is 0. The number of hydrogen-bond donors (Lipinski definition) is 0. The van der Waals surface area contributed by atoms with Crippen molar-refractivity contribution in [2.45, 2.75) is 52.4 Å². The van der Waals surface area contributed by atoms with Crippen LogP contribution in [0.2, 0.25) is 0 Å². The normalized spacial score (nSPS) is 13.2. The van der Waals surface area contributed by atoms with Gasteiger partial charge in [0.1, 0.15) is 12.2 Å². The summed E-state index contributed by atoms with van der Waals surface area (Å²) in [4.78, 5) is 11.9. The third-order valence-electron chi connectivity index (χ3n) is 6.36. The van der Waals surface area contributed by atoms with Crippen LogP contribution in [0.1, 0.15) is 50.5 Å². The maximum absolute atomic E-state index is 11.9. The van der Waals surface area contributed by atoms with E-state index >= 15 is 0 Å². The molecule has 3 aromatic carbocycles. The summed E-state index contributed by atoms with van der Waals surface area (Å²) >= 11 is 0. The van der Waals surface area contributed by atoms with E-state index in [0.29, 0.717) is 40.9 Å². The van der Waals surface area contributed by atoms with Crippen molar-refractivity contribution in [1.82, 2.24) is 0 Å². The van der Waals surface area contributed by atoms with Gasteiger partial charge < -0.3 is 33.2 Å². The van der Waals surface area contributed by atoms with Crippen LogP contribution < -0.4 is 28.4 Å². The highest BCUT2D eigenvalue weighted by Gasteiger charge is 2.27. The minimum atomic E-state index is -0.625. The Hall–Kier alpha value is -4.33. The Morgan fingerprint density at radius 3 is 1.78 bits per heavy atom. The summed E-state index contributed by atoms with van der Waals surface area (Å²) < 4.78 is 40.9. The van der Waals surface area contributed by atoms with Crippen molar-refractivity contribution in [1.29, 1.82) is 0 Å². The first-order valence-corrected chi connectivity index (χ1v) is 13.4. The highest BCUT2D eigenvalue weighted by molar-refractivity contribution is 5.66. The number of methoxy groups -OCH3 is 4. The van der Waals surface area contributed by atoms with E-state index in [9.17, 15) is 4.79 Å². The van der Waals surface area contributed by atoms with E-state index in [1.165, 1.54) is 6.92 Å². The Morgan fingerprint density at radius 1 is 0.780 bits per heavy atom. The summed E-state index contributed by atoms with van der Waals surface area (Å²) in [5.41, 5.74) is 2.68. The molecule has 0 heterocycles. The van der Waals surface area contributed by atoms with Gasteiger partial charge in [-0.25, -0.2) is 0 Å². The molecule has 1 unspecified atom stereocenters. The number of rotatable bonds is 14. The Balaban J connectivity index is 1.86. The Morgan fingerprint density at radius 2 is 1.29 bits per heavy atom. The Kier molecular flexibility index (Phi) is 11.3. The predicted molar refractivity (Wildman–Crippen MR) is 159 cm³/mol. The molecule has 0 saturated carbocycles. The van der Waals surface area contributed by atoms with Gasteiger partial charge in [0.25, 0.3) is 0 Å². The van der Waals surface area contributed by atoms with Gasteiger partial charge >= 0.3 is 5.97 Å². The predicted octanol–water partition coefficient (Wildman–Crippen LogP) is 6.84. The number of esters is 1. The molecule has 0 N–H and O–H groups in total. The van der Waals surface area contributed by atoms with Gasteiger partial charge in [-0.15, -0.1) is 0 Å². The first-order chi connectivity index (χ1) is 19.7. The third kappa shape index (κ3) is 8.10. The zero-order chi connectivity index (χ0) is 29.9. The van der Waals surface area contributed by atoms with Gasteiger partial charge in [0.05, 0.1) is 28.4 Å². The molecule has 3 atom stereocenters. The van der Waals surface area contributed by atoms with E-state index in [1.807, 2.05) is 87.5 Å². The van der Waals surface area contributed by atoms with Crippen LogP contribution in [-0.4, -0.2) is 46.6 Å². The van der Waals surface area contributed by atoms with Crippen LogP contribution in [0.15, 0.2) is 60.7 Å². The quantitative estimate of drug-likeness (QED) is 0.197. The van der Waals surface area contributed by atoms with Crippen LogP contribution in [0.4, 0.5) is 0 Å². The molecule has 8 nitrogen and oxygen atoms in total. The van der Waals surface area contributed by atoms with Crippen molar-refractivity contribution in [3.05, 3.63) is 77.4 Å². The van der Waals surface area contributed by atoms with Crippen LogP contribution in [0.25, 0.3) is 6.08 Å². The molecule has 0 aromatic heterocycles. The number of hydrogen-bond acceptors (Lipinski definition) is 8. The molecule has 0 fully saturated rings. The second-order valence-electron chi connectivity index (χ2n) is 9.48. The number of carbonyl (C=O) groups excluding carboxylic acids is 1. The maximum Gasteiger partial charge on any atom is 0.303 e. The summed E-state index contributed by atoms with van der Waals surface area (Å²) in [7, 11) is 6.34. The van der Waals surface area contributed by atoms with Crippen molar-refractivity contribution in [2.24, 2.45) is 0 Å². The van der Waals surface area contributed by atoms with Gasteiger partial charge in [0, 0.05) is 13.3 Å². The van der Waals surface area contributed by atoms with Gasteiger partial charge in [-0.3, -0.25) is 4.79 Å². The number of carbonyl (C=O) groups is 1. The standard InChI is InChI=1S/C33H40O8/c1-9-13-24-17-27(35-5)32(28(18-24)36-6)39-21(2)16-25-19-29(37-7)33(30(20-25)38-8)40-22(3)31(41-23(4)34)26-14-11-10-12-15-26/h9-15,17-22,31H,16H2,1-8H3/b13-9+/t21?,22-,31-/m1/s1. The number of benzene rings is 3. The second-order valence-corrected chi connectivity index (χ2v) is 9.48. The molecule has 0 radical (unpaired) electrons. The van der Waals surface area contributed by atoms with E-state index in [-0.39, 0.29) is 6.10 Å². The van der Waals surface area contributed by atoms with Crippen molar-refractivity contribution < 1.29 is 38.0 Å². The highest BCUT2D eigenvalue weighted by atomic mass is 16.6. The molecule has 0 spiro atoms. The van der Waals surface area contributed by atoms with E-state index in [1.54, 1.807) is 28.4 Å².